The fourth-order valence-corrected chi connectivity index (χ4v) is 7.45. The van der Waals surface area contributed by atoms with Crippen LogP contribution in [0.25, 0.3) is 101 Å². The summed E-state index contributed by atoms with van der Waals surface area (Å²) in [6.07, 6.45) is 0. The van der Waals surface area contributed by atoms with Crippen LogP contribution in [0.5, 0.6) is 0 Å². The molecule has 0 N–H and O–H groups in total. The van der Waals surface area contributed by atoms with Crippen LogP contribution in [0, 0.1) is 0 Å². The summed E-state index contributed by atoms with van der Waals surface area (Å²) in [6, 6.07) is 69.1. The second-order valence-electron chi connectivity index (χ2n) is 13.6. The Labute approximate surface area is 319 Å². The van der Waals surface area contributed by atoms with Crippen LogP contribution in [0.1, 0.15) is 0 Å². The number of nitrogens with zero attached hydrogens (tertiary/aromatic N) is 3. The normalized spacial score (nSPS) is 11.3. The summed E-state index contributed by atoms with van der Waals surface area (Å²) in [5, 5.41) is 1.96. The van der Waals surface area contributed by atoms with Crippen LogP contribution in [-0.4, -0.2) is 15.0 Å². The molecule has 0 unspecified atom stereocenters. The Morgan fingerprint density at radius 1 is 0.273 bits per heavy atom. The molecule has 10 rings (SSSR count). The van der Waals surface area contributed by atoms with Gasteiger partial charge < -0.3 is 4.42 Å². The zero-order valence-corrected chi connectivity index (χ0v) is 29.8. The molecule has 0 aliphatic rings. The van der Waals surface area contributed by atoms with Crippen molar-refractivity contribution < 1.29 is 4.42 Å². The highest BCUT2D eigenvalue weighted by Crippen LogP contribution is 2.46. The van der Waals surface area contributed by atoms with Gasteiger partial charge in [-0.1, -0.05) is 170 Å². The summed E-state index contributed by atoms with van der Waals surface area (Å²) in [4.78, 5) is 15.6. The molecule has 0 radical (unpaired) electrons. The smallest absolute Gasteiger partial charge is 0.164 e. The highest BCUT2D eigenvalue weighted by Gasteiger charge is 2.23. The topological polar surface area (TPSA) is 51.8 Å². The molecule has 10 aromatic rings. The number of hydrogen-bond donors (Lipinski definition) is 0. The van der Waals surface area contributed by atoms with Gasteiger partial charge in [0.05, 0.1) is 0 Å². The van der Waals surface area contributed by atoms with Crippen LogP contribution in [0.4, 0.5) is 0 Å². The molecule has 0 aliphatic carbocycles. The van der Waals surface area contributed by atoms with Crippen LogP contribution in [0.15, 0.2) is 205 Å². The summed E-state index contributed by atoms with van der Waals surface area (Å²) in [6.45, 7) is 0. The Hall–Kier alpha value is -7.43. The quantitative estimate of drug-likeness (QED) is 0.166. The predicted octanol–water partition coefficient (Wildman–Crippen LogP) is 13.4. The average Bonchev–Trinajstić information content (AvgIpc) is 3.67. The Bertz CT molecular complexity index is 2940. The molecule has 0 bridgehead atoms. The lowest BCUT2D eigenvalue weighted by Gasteiger charge is -2.12. The molecule has 2 aromatic heterocycles. The maximum atomic E-state index is 7.10. The molecule has 0 saturated carbocycles. The first-order chi connectivity index (χ1) is 27.3. The van der Waals surface area contributed by atoms with Gasteiger partial charge in [0.2, 0.25) is 0 Å². The van der Waals surface area contributed by atoms with E-state index in [1.165, 1.54) is 0 Å². The van der Waals surface area contributed by atoms with Crippen molar-refractivity contribution in [3.63, 3.8) is 0 Å². The summed E-state index contributed by atoms with van der Waals surface area (Å²) >= 11 is 0. The third-order valence-corrected chi connectivity index (χ3v) is 10.1. The summed E-state index contributed by atoms with van der Waals surface area (Å²) < 4.78 is 7.10. The Balaban J connectivity index is 1.28. The van der Waals surface area contributed by atoms with Gasteiger partial charge in [-0.05, 0) is 63.7 Å². The summed E-state index contributed by atoms with van der Waals surface area (Å²) in [5.41, 5.74) is 12.9. The van der Waals surface area contributed by atoms with Gasteiger partial charge in [0, 0.05) is 38.6 Å². The second kappa shape index (κ2) is 13.8. The van der Waals surface area contributed by atoms with E-state index in [1.54, 1.807) is 0 Å². The fraction of sp³-hybridized carbons (Fsp3) is 0. The minimum absolute atomic E-state index is 0.577. The number of benzene rings is 8. The van der Waals surface area contributed by atoms with Crippen LogP contribution in [0.3, 0.4) is 0 Å². The second-order valence-corrected chi connectivity index (χ2v) is 13.6. The van der Waals surface area contributed by atoms with Crippen LogP contribution < -0.4 is 0 Å². The van der Waals surface area contributed by atoms with E-state index in [0.29, 0.717) is 17.5 Å². The number of hydrogen-bond acceptors (Lipinski definition) is 4. The Morgan fingerprint density at radius 3 is 1.35 bits per heavy atom. The lowest BCUT2D eigenvalue weighted by atomic mass is 9.93. The van der Waals surface area contributed by atoms with Gasteiger partial charge in [-0.15, -0.1) is 0 Å². The van der Waals surface area contributed by atoms with E-state index < -0.39 is 0 Å². The molecular formula is C51H33N3O. The standard InChI is InChI=1S/C51H33N3O/c1-6-17-34(18-7-1)39-27-16-28-40(31-39)50-52-49(38-25-14-5-15-26-38)53-51(54-50)43-30-29-42(36-21-10-3-11-22-36)48-46(43)45-33-41(35-19-8-2-9-20-35)32-44(47(45)55-48)37-23-12-4-13-24-37/h1-33H. The third-order valence-electron chi connectivity index (χ3n) is 10.1. The lowest BCUT2D eigenvalue weighted by Crippen LogP contribution is -2.00. The molecule has 4 nitrogen and oxygen atoms in total. The van der Waals surface area contributed by atoms with E-state index in [1.807, 2.05) is 48.5 Å². The third kappa shape index (κ3) is 6.06. The molecule has 0 saturated heterocycles. The van der Waals surface area contributed by atoms with Gasteiger partial charge in [-0.3, -0.25) is 0 Å². The zero-order chi connectivity index (χ0) is 36.6. The van der Waals surface area contributed by atoms with Crippen LogP contribution in [0.2, 0.25) is 0 Å². The molecule has 4 heteroatoms. The molecule has 0 spiro atoms. The van der Waals surface area contributed by atoms with E-state index in [2.05, 4.69) is 152 Å². The molecule has 55 heavy (non-hydrogen) atoms. The van der Waals surface area contributed by atoms with Crippen molar-refractivity contribution in [2.75, 3.05) is 0 Å². The van der Waals surface area contributed by atoms with Gasteiger partial charge in [0.1, 0.15) is 11.2 Å². The van der Waals surface area contributed by atoms with E-state index in [0.717, 1.165) is 83.1 Å². The summed E-state index contributed by atoms with van der Waals surface area (Å²) in [5.74, 6) is 1.78. The molecule has 0 fully saturated rings. The molecule has 8 aromatic carbocycles. The molecule has 0 amide bonds. The predicted molar refractivity (Wildman–Crippen MR) is 225 cm³/mol. The van der Waals surface area contributed by atoms with Crippen molar-refractivity contribution in [2.24, 2.45) is 0 Å². The Morgan fingerprint density at radius 2 is 0.727 bits per heavy atom. The van der Waals surface area contributed by atoms with E-state index in [9.17, 15) is 0 Å². The van der Waals surface area contributed by atoms with Crippen molar-refractivity contribution in [3.8, 4) is 78.7 Å². The van der Waals surface area contributed by atoms with Crippen molar-refractivity contribution in [1.29, 1.82) is 0 Å². The van der Waals surface area contributed by atoms with Gasteiger partial charge in [-0.2, -0.15) is 0 Å². The minimum Gasteiger partial charge on any atom is -0.455 e. The largest absolute Gasteiger partial charge is 0.455 e. The van der Waals surface area contributed by atoms with Crippen molar-refractivity contribution in [2.45, 2.75) is 0 Å². The van der Waals surface area contributed by atoms with Crippen molar-refractivity contribution in [3.05, 3.63) is 200 Å². The van der Waals surface area contributed by atoms with E-state index in [-0.39, 0.29) is 0 Å². The monoisotopic (exact) mass is 703 g/mol. The number of aromatic nitrogens is 3. The van der Waals surface area contributed by atoms with Gasteiger partial charge in [0.15, 0.2) is 17.5 Å². The highest BCUT2D eigenvalue weighted by molar-refractivity contribution is 6.19. The number of furan rings is 1. The van der Waals surface area contributed by atoms with E-state index >= 15 is 0 Å². The molecular weight excluding hydrogens is 671 g/mol. The van der Waals surface area contributed by atoms with Gasteiger partial charge in [-0.25, -0.2) is 15.0 Å². The number of rotatable bonds is 7. The van der Waals surface area contributed by atoms with Crippen molar-refractivity contribution >= 4 is 21.9 Å². The molecule has 0 aliphatic heterocycles. The fourth-order valence-electron chi connectivity index (χ4n) is 7.45. The number of fused-ring (bicyclic) bond motifs is 3. The Kier molecular flexibility index (Phi) is 8.12. The van der Waals surface area contributed by atoms with Gasteiger partial charge >= 0.3 is 0 Å². The first-order valence-electron chi connectivity index (χ1n) is 18.4. The minimum atomic E-state index is 0.577. The molecule has 258 valence electrons. The SMILES string of the molecule is c1ccc(-c2cccc(-c3nc(-c4ccccc4)nc(-c4ccc(-c5ccccc5)c5oc6c(-c7ccccc7)cc(-c7ccccc7)cc6c45)n3)c2)cc1. The maximum absolute atomic E-state index is 7.10. The molecule has 2 heterocycles. The maximum Gasteiger partial charge on any atom is 0.164 e. The molecule has 0 atom stereocenters. The highest BCUT2D eigenvalue weighted by atomic mass is 16.3. The first kappa shape index (κ1) is 32.2. The van der Waals surface area contributed by atoms with Gasteiger partial charge in [0.25, 0.3) is 0 Å². The zero-order valence-electron chi connectivity index (χ0n) is 29.8. The average molecular weight is 704 g/mol. The van der Waals surface area contributed by atoms with E-state index in [4.69, 9.17) is 19.4 Å². The first-order valence-corrected chi connectivity index (χ1v) is 18.4. The van der Waals surface area contributed by atoms with Crippen molar-refractivity contribution in [1.82, 2.24) is 15.0 Å². The van der Waals surface area contributed by atoms with Crippen LogP contribution >= 0.6 is 0 Å². The summed E-state index contributed by atoms with van der Waals surface area (Å²) in [7, 11) is 0. The lowest BCUT2D eigenvalue weighted by molar-refractivity contribution is 0.671. The van der Waals surface area contributed by atoms with Crippen LogP contribution in [-0.2, 0) is 0 Å².